The summed E-state index contributed by atoms with van der Waals surface area (Å²) in [7, 11) is 0. The second-order valence-corrected chi connectivity index (χ2v) is 2.69. The fourth-order valence-electron chi connectivity index (χ4n) is 1.10. The van der Waals surface area contributed by atoms with E-state index in [1.165, 1.54) is 18.2 Å². The van der Waals surface area contributed by atoms with Crippen molar-refractivity contribution >= 4 is 0 Å². The van der Waals surface area contributed by atoms with Crippen LogP contribution in [-0.2, 0) is 6.18 Å². The fraction of sp³-hybridized carbons (Fsp3) is 0.222. The number of hydrogen-bond acceptors (Lipinski definition) is 2. The zero-order valence-electron chi connectivity index (χ0n) is 7.05. The van der Waals surface area contributed by atoms with E-state index in [0.717, 1.165) is 6.07 Å². The van der Waals surface area contributed by atoms with Gasteiger partial charge in [0.25, 0.3) is 0 Å². The Balaban J connectivity index is 3.25. The van der Waals surface area contributed by atoms with E-state index in [-0.39, 0.29) is 5.56 Å². The van der Waals surface area contributed by atoms with Crippen LogP contribution < -0.4 is 5.73 Å². The molecule has 0 saturated heterocycles. The van der Waals surface area contributed by atoms with Crippen molar-refractivity contribution in [2.45, 2.75) is 12.2 Å². The standard InChI is InChI=1S/C9H7F3N2/c10-9(11,12)7-4-2-1-3-6(7)8(14)5-13/h1-4,8H,14H2. The first-order valence-corrected chi connectivity index (χ1v) is 3.78. The summed E-state index contributed by atoms with van der Waals surface area (Å²) < 4.78 is 37.1. The molecule has 0 fully saturated rings. The van der Waals surface area contributed by atoms with Crippen molar-refractivity contribution in [2.24, 2.45) is 5.73 Å². The largest absolute Gasteiger partial charge is 0.416 e. The lowest BCUT2D eigenvalue weighted by molar-refractivity contribution is -0.138. The van der Waals surface area contributed by atoms with E-state index < -0.39 is 17.8 Å². The SMILES string of the molecule is N#CC(N)c1ccccc1C(F)(F)F. The van der Waals surface area contributed by atoms with E-state index in [1.807, 2.05) is 0 Å². The van der Waals surface area contributed by atoms with Gasteiger partial charge in [-0.1, -0.05) is 18.2 Å². The van der Waals surface area contributed by atoms with Gasteiger partial charge in [0, 0.05) is 0 Å². The van der Waals surface area contributed by atoms with Crippen LogP contribution in [0.1, 0.15) is 17.2 Å². The summed E-state index contributed by atoms with van der Waals surface area (Å²) >= 11 is 0. The number of halogens is 3. The molecule has 0 aliphatic rings. The first-order valence-electron chi connectivity index (χ1n) is 3.78. The number of nitrogens with zero attached hydrogens (tertiary/aromatic N) is 1. The summed E-state index contributed by atoms with van der Waals surface area (Å²) in [4.78, 5) is 0. The van der Waals surface area contributed by atoms with E-state index in [4.69, 9.17) is 11.0 Å². The number of hydrogen-bond donors (Lipinski definition) is 1. The van der Waals surface area contributed by atoms with E-state index in [1.54, 1.807) is 6.07 Å². The Labute approximate surface area is 78.8 Å². The molecule has 0 aliphatic carbocycles. The molecule has 1 aromatic carbocycles. The van der Waals surface area contributed by atoms with Gasteiger partial charge in [0.2, 0.25) is 0 Å². The molecule has 1 unspecified atom stereocenters. The second-order valence-electron chi connectivity index (χ2n) is 2.69. The van der Waals surface area contributed by atoms with Gasteiger partial charge in [-0.05, 0) is 11.6 Å². The molecule has 0 radical (unpaired) electrons. The summed E-state index contributed by atoms with van der Waals surface area (Å²) in [6.07, 6.45) is -4.47. The minimum Gasteiger partial charge on any atom is -0.312 e. The molecule has 1 rings (SSSR count). The summed E-state index contributed by atoms with van der Waals surface area (Å²) in [5.41, 5.74) is 4.19. The number of benzene rings is 1. The number of nitrogens with two attached hydrogens (primary N) is 1. The van der Waals surface area contributed by atoms with Crippen LogP contribution in [0.4, 0.5) is 13.2 Å². The highest BCUT2D eigenvalue weighted by Gasteiger charge is 2.34. The Morgan fingerprint density at radius 1 is 1.29 bits per heavy atom. The molecule has 14 heavy (non-hydrogen) atoms. The first kappa shape index (κ1) is 10.5. The third-order valence-electron chi connectivity index (χ3n) is 1.74. The summed E-state index contributed by atoms with van der Waals surface area (Å²) in [5, 5.41) is 8.44. The molecule has 74 valence electrons. The average molecular weight is 200 g/mol. The predicted molar refractivity (Wildman–Crippen MR) is 44.0 cm³/mol. The lowest BCUT2D eigenvalue weighted by Crippen LogP contribution is -2.15. The average Bonchev–Trinajstić information content (AvgIpc) is 2.15. The van der Waals surface area contributed by atoms with Gasteiger partial charge in [-0.2, -0.15) is 18.4 Å². The molecule has 0 saturated carbocycles. The molecule has 5 heteroatoms. The first-order chi connectivity index (χ1) is 6.46. The quantitative estimate of drug-likeness (QED) is 0.755. The number of alkyl halides is 3. The van der Waals surface area contributed by atoms with Crippen LogP contribution in [0, 0.1) is 11.3 Å². The highest BCUT2D eigenvalue weighted by atomic mass is 19.4. The van der Waals surface area contributed by atoms with Crippen LogP contribution in [-0.4, -0.2) is 0 Å². The van der Waals surface area contributed by atoms with Crippen molar-refractivity contribution in [1.82, 2.24) is 0 Å². The Hall–Kier alpha value is -1.54. The minimum atomic E-state index is -4.47. The van der Waals surface area contributed by atoms with Crippen molar-refractivity contribution in [3.63, 3.8) is 0 Å². The molecular formula is C9H7F3N2. The molecule has 0 aromatic heterocycles. The number of rotatable bonds is 1. The van der Waals surface area contributed by atoms with Gasteiger partial charge in [0.15, 0.2) is 0 Å². The maximum absolute atomic E-state index is 12.4. The fourth-order valence-corrected chi connectivity index (χ4v) is 1.10. The maximum atomic E-state index is 12.4. The van der Waals surface area contributed by atoms with Gasteiger partial charge in [-0.25, -0.2) is 0 Å². The van der Waals surface area contributed by atoms with Gasteiger partial charge in [-0.15, -0.1) is 0 Å². The molecule has 2 nitrogen and oxygen atoms in total. The molecule has 0 bridgehead atoms. The highest BCUT2D eigenvalue weighted by Crippen LogP contribution is 2.33. The van der Waals surface area contributed by atoms with Crippen molar-refractivity contribution < 1.29 is 13.2 Å². The van der Waals surface area contributed by atoms with Crippen molar-refractivity contribution in [2.75, 3.05) is 0 Å². The van der Waals surface area contributed by atoms with Crippen LogP contribution in [0.15, 0.2) is 24.3 Å². The Morgan fingerprint density at radius 3 is 2.36 bits per heavy atom. The van der Waals surface area contributed by atoms with Crippen LogP contribution in [0.25, 0.3) is 0 Å². The molecule has 1 aromatic rings. The molecule has 0 amide bonds. The van der Waals surface area contributed by atoms with E-state index in [9.17, 15) is 13.2 Å². The van der Waals surface area contributed by atoms with Crippen molar-refractivity contribution in [3.8, 4) is 6.07 Å². The maximum Gasteiger partial charge on any atom is 0.416 e. The lowest BCUT2D eigenvalue weighted by atomic mass is 10.0. The molecule has 0 heterocycles. The zero-order valence-corrected chi connectivity index (χ0v) is 7.05. The van der Waals surface area contributed by atoms with Crippen LogP contribution >= 0.6 is 0 Å². The smallest absolute Gasteiger partial charge is 0.312 e. The lowest BCUT2D eigenvalue weighted by Gasteiger charge is -2.13. The third-order valence-corrected chi connectivity index (χ3v) is 1.74. The summed E-state index contributed by atoms with van der Waals surface area (Å²) in [6, 6.07) is 5.12. The third kappa shape index (κ3) is 2.03. The monoisotopic (exact) mass is 200 g/mol. The van der Waals surface area contributed by atoms with Gasteiger partial charge in [0.05, 0.1) is 11.6 Å². The van der Waals surface area contributed by atoms with E-state index in [2.05, 4.69) is 0 Å². The van der Waals surface area contributed by atoms with Crippen LogP contribution in [0.3, 0.4) is 0 Å². The number of nitriles is 1. The molecule has 0 aliphatic heterocycles. The van der Waals surface area contributed by atoms with E-state index in [0.29, 0.717) is 0 Å². The van der Waals surface area contributed by atoms with Gasteiger partial charge < -0.3 is 5.73 Å². The highest BCUT2D eigenvalue weighted by molar-refractivity contribution is 5.34. The minimum absolute atomic E-state index is 0.192. The van der Waals surface area contributed by atoms with Gasteiger partial charge in [-0.3, -0.25) is 0 Å². The van der Waals surface area contributed by atoms with Crippen LogP contribution in [0.2, 0.25) is 0 Å². The summed E-state index contributed by atoms with van der Waals surface area (Å²) in [5.74, 6) is 0. The Morgan fingerprint density at radius 2 is 1.86 bits per heavy atom. The topological polar surface area (TPSA) is 49.8 Å². The Kier molecular flexibility index (Phi) is 2.77. The van der Waals surface area contributed by atoms with E-state index >= 15 is 0 Å². The van der Waals surface area contributed by atoms with Crippen molar-refractivity contribution in [1.29, 1.82) is 5.26 Å². The zero-order chi connectivity index (χ0) is 10.8. The molecule has 2 N–H and O–H groups in total. The molecule has 0 spiro atoms. The van der Waals surface area contributed by atoms with Crippen LogP contribution in [0.5, 0.6) is 0 Å². The molecule has 1 atom stereocenters. The summed E-state index contributed by atoms with van der Waals surface area (Å²) in [6.45, 7) is 0. The van der Waals surface area contributed by atoms with Gasteiger partial charge in [0.1, 0.15) is 6.04 Å². The second kappa shape index (κ2) is 3.68. The predicted octanol–water partition coefficient (Wildman–Crippen LogP) is 2.23. The Bertz CT molecular complexity index is 365. The molecular weight excluding hydrogens is 193 g/mol. The normalized spacial score (nSPS) is 13.4. The van der Waals surface area contributed by atoms with Crippen molar-refractivity contribution in [3.05, 3.63) is 35.4 Å². The van der Waals surface area contributed by atoms with Gasteiger partial charge >= 0.3 is 6.18 Å².